The van der Waals surface area contributed by atoms with E-state index in [1.807, 2.05) is 18.7 Å². The molecule has 1 aromatic rings. The molecule has 0 bridgehead atoms. The minimum Gasteiger partial charge on any atom is -0.481 e. The van der Waals surface area contributed by atoms with Gasteiger partial charge in [0.2, 0.25) is 0 Å². The van der Waals surface area contributed by atoms with Gasteiger partial charge in [-0.1, -0.05) is 13.8 Å². The molecule has 0 radical (unpaired) electrons. The van der Waals surface area contributed by atoms with Crippen LogP contribution in [0.5, 0.6) is 0 Å². The van der Waals surface area contributed by atoms with Crippen molar-refractivity contribution in [3.63, 3.8) is 0 Å². The quantitative estimate of drug-likeness (QED) is 0.765. The van der Waals surface area contributed by atoms with E-state index in [-0.39, 0.29) is 17.9 Å². The summed E-state index contributed by atoms with van der Waals surface area (Å²) in [5, 5.41) is 11.8. The number of benzene rings is 1. The summed E-state index contributed by atoms with van der Waals surface area (Å²) in [6.45, 7) is 6.43. The van der Waals surface area contributed by atoms with Gasteiger partial charge in [-0.15, -0.1) is 0 Å². The Morgan fingerprint density at radius 1 is 1.07 bits per heavy atom. The predicted octanol–water partition coefficient (Wildman–Crippen LogP) is 3.28. The molecule has 0 atom stereocenters. The third-order valence-electron chi connectivity index (χ3n) is 4.79. The van der Waals surface area contributed by atoms with Crippen LogP contribution in [0.4, 0.5) is 10.5 Å². The highest BCUT2D eigenvalue weighted by Gasteiger charge is 2.27. The van der Waals surface area contributed by atoms with E-state index in [0.29, 0.717) is 37.2 Å². The van der Waals surface area contributed by atoms with Gasteiger partial charge in [0.1, 0.15) is 0 Å². The molecule has 7 nitrogen and oxygen atoms in total. The normalized spacial score (nSPS) is 14.7. The van der Waals surface area contributed by atoms with E-state index in [9.17, 15) is 14.4 Å². The van der Waals surface area contributed by atoms with Crippen LogP contribution >= 0.6 is 0 Å². The fraction of sp³-hybridized carbons (Fsp3) is 0.550. The van der Waals surface area contributed by atoms with Crippen molar-refractivity contribution in [2.75, 3.05) is 31.5 Å². The van der Waals surface area contributed by atoms with Crippen LogP contribution in [0, 0.1) is 5.92 Å². The number of nitrogens with one attached hydrogen (secondary N) is 1. The van der Waals surface area contributed by atoms with Crippen molar-refractivity contribution in [2.45, 2.75) is 39.5 Å². The number of urea groups is 1. The number of carboxylic acids is 1. The Balaban J connectivity index is 1.92. The second kappa shape index (κ2) is 9.94. The summed E-state index contributed by atoms with van der Waals surface area (Å²) in [4.78, 5) is 39.4. The monoisotopic (exact) mass is 375 g/mol. The fourth-order valence-corrected chi connectivity index (χ4v) is 3.27. The molecule has 0 aliphatic carbocycles. The molecule has 0 saturated carbocycles. The van der Waals surface area contributed by atoms with Crippen molar-refractivity contribution in [1.82, 2.24) is 9.80 Å². The number of rotatable bonds is 7. The first-order valence-corrected chi connectivity index (χ1v) is 9.64. The van der Waals surface area contributed by atoms with Gasteiger partial charge in [-0.2, -0.15) is 0 Å². The molecule has 0 unspecified atom stereocenters. The molecule has 3 amide bonds. The Morgan fingerprint density at radius 3 is 2.11 bits per heavy atom. The lowest BCUT2D eigenvalue weighted by Gasteiger charge is -2.30. The average molecular weight is 375 g/mol. The van der Waals surface area contributed by atoms with Crippen LogP contribution in [0.1, 0.15) is 49.9 Å². The topological polar surface area (TPSA) is 90.0 Å². The number of aliphatic carboxylic acids is 1. The molecule has 1 saturated heterocycles. The lowest BCUT2D eigenvalue weighted by atomic mass is 9.97. The summed E-state index contributed by atoms with van der Waals surface area (Å²) in [5.41, 5.74) is 1.23. The summed E-state index contributed by atoms with van der Waals surface area (Å²) >= 11 is 0. The number of piperidine rings is 1. The van der Waals surface area contributed by atoms with Gasteiger partial charge in [-0.3, -0.25) is 9.59 Å². The lowest BCUT2D eigenvalue weighted by molar-refractivity contribution is -0.143. The molecule has 0 aromatic heterocycles. The number of hydrogen-bond acceptors (Lipinski definition) is 3. The molecule has 1 heterocycles. The first-order valence-electron chi connectivity index (χ1n) is 9.64. The predicted molar refractivity (Wildman–Crippen MR) is 104 cm³/mol. The number of hydrogen-bond donors (Lipinski definition) is 2. The molecule has 1 aliphatic rings. The van der Waals surface area contributed by atoms with E-state index in [4.69, 9.17) is 5.11 Å². The zero-order valence-corrected chi connectivity index (χ0v) is 16.1. The summed E-state index contributed by atoms with van der Waals surface area (Å²) in [6, 6.07) is 6.67. The van der Waals surface area contributed by atoms with Crippen molar-refractivity contribution in [3.8, 4) is 0 Å². The van der Waals surface area contributed by atoms with Crippen LogP contribution in [-0.2, 0) is 4.79 Å². The van der Waals surface area contributed by atoms with Crippen molar-refractivity contribution < 1.29 is 19.5 Å². The highest BCUT2D eigenvalue weighted by atomic mass is 16.4. The van der Waals surface area contributed by atoms with Crippen molar-refractivity contribution in [1.29, 1.82) is 0 Å². The maximum absolute atomic E-state index is 12.6. The van der Waals surface area contributed by atoms with Gasteiger partial charge in [-0.05, 0) is 49.9 Å². The second-order valence-electron chi connectivity index (χ2n) is 6.90. The van der Waals surface area contributed by atoms with Gasteiger partial charge >= 0.3 is 12.0 Å². The van der Waals surface area contributed by atoms with E-state index in [1.165, 1.54) is 0 Å². The third kappa shape index (κ3) is 5.70. The molecule has 1 fully saturated rings. The standard InChI is InChI=1S/C20H29N3O4/c1-3-11-22(12-4-2)18(24)15-5-7-17(8-6-15)21-20(27)23-13-9-16(10-14-23)19(25)26/h5-8,16H,3-4,9-14H2,1-2H3,(H,21,27)(H,25,26). The van der Waals surface area contributed by atoms with Crippen LogP contribution < -0.4 is 5.32 Å². The van der Waals surface area contributed by atoms with Crippen LogP contribution in [0.3, 0.4) is 0 Å². The number of likely N-dealkylation sites (tertiary alicyclic amines) is 1. The number of carbonyl (C=O) groups is 3. The average Bonchev–Trinajstić information content (AvgIpc) is 2.68. The molecule has 1 aliphatic heterocycles. The Bertz CT molecular complexity index is 646. The second-order valence-corrected chi connectivity index (χ2v) is 6.90. The van der Waals surface area contributed by atoms with Crippen LogP contribution in [0.2, 0.25) is 0 Å². The minimum absolute atomic E-state index is 0.00678. The van der Waals surface area contributed by atoms with E-state index < -0.39 is 5.97 Å². The molecule has 1 aromatic carbocycles. The van der Waals surface area contributed by atoms with Gasteiger partial charge in [0, 0.05) is 37.4 Å². The van der Waals surface area contributed by atoms with Gasteiger partial charge in [-0.25, -0.2) is 4.79 Å². The van der Waals surface area contributed by atoms with Crippen LogP contribution in [0.25, 0.3) is 0 Å². The third-order valence-corrected chi connectivity index (χ3v) is 4.79. The van der Waals surface area contributed by atoms with Gasteiger partial charge in [0.05, 0.1) is 5.92 Å². The SMILES string of the molecule is CCCN(CCC)C(=O)c1ccc(NC(=O)N2CCC(C(=O)O)CC2)cc1. The Labute approximate surface area is 160 Å². The lowest BCUT2D eigenvalue weighted by Crippen LogP contribution is -2.42. The van der Waals surface area contributed by atoms with Crippen LogP contribution in [0.15, 0.2) is 24.3 Å². The molecule has 148 valence electrons. The van der Waals surface area contributed by atoms with E-state index >= 15 is 0 Å². The van der Waals surface area contributed by atoms with Gasteiger partial charge in [0.25, 0.3) is 5.91 Å². The summed E-state index contributed by atoms with van der Waals surface area (Å²) in [6.07, 6.45) is 2.78. The van der Waals surface area contributed by atoms with Gasteiger partial charge < -0.3 is 20.2 Å². The Hall–Kier alpha value is -2.57. The molecular weight excluding hydrogens is 346 g/mol. The molecule has 27 heavy (non-hydrogen) atoms. The van der Waals surface area contributed by atoms with E-state index in [0.717, 1.165) is 25.9 Å². The number of nitrogens with zero attached hydrogens (tertiary/aromatic N) is 2. The maximum Gasteiger partial charge on any atom is 0.321 e. The fourth-order valence-electron chi connectivity index (χ4n) is 3.27. The smallest absolute Gasteiger partial charge is 0.321 e. The Kier molecular flexibility index (Phi) is 7.64. The van der Waals surface area contributed by atoms with Crippen LogP contribution in [-0.4, -0.2) is 59.0 Å². The molecular formula is C20H29N3O4. The molecule has 0 spiro atoms. The zero-order chi connectivity index (χ0) is 19.8. The Morgan fingerprint density at radius 2 is 1.63 bits per heavy atom. The minimum atomic E-state index is -0.796. The molecule has 2 rings (SSSR count). The largest absolute Gasteiger partial charge is 0.481 e. The highest BCUT2D eigenvalue weighted by Crippen LogP contribution is 2.19. The van der Waals surface area contributed by atoms with Crippen molar-refractivity contribution in [3.05, 3.63) is 29.8 Å². The molecule has 2 N–H and O–H groups in total. The number of carboxylic acid groups (broad SMARTS) is 1. The number of carbonyl (C=O) groups excluding carboxylic acids is 2. The zero-order valence-electron chi connectivity index (χ0n) is 16.1. The van der Waals surface area contributed by atoms with E-state index in [2.05, 4.69) is 5.32 Å². The first-order chi connectivity index (χ1) is 13.0. The first kappa shape index (κ1) is 20.7. The number of amides is 3. The van der Waals surface area contributed by atoms with Gasteiger partial charge in [0.15, 0.2) is 0 Å². The van der Waals surface area contributed by atoms with E-state index in [1.54, 1.807) is 29.2 Å². The summed E-state index contributed by atoms with van der Waals surface area (Å²) in [5.74, 6) is -1.16. The summed E-state index contributed by atoms with van der Waals surface area (Å²) < 4.78 is 0. The van der Waals surface area contributed by atoms with Crippen molar-refractivity contribution >= 4 is 23.6 Å². The number of anilines is 1. The maximum atomic E-state index is 12.6. The highest BCUT2D eigenvalue weighted by molar-refractivity contribution is 5.95. The van der Waals surface area contributed by atoms with Crippen molar-refractivity contribution in [2.24, 2.45) is 5.92 Å². The summed E-state index contributed by atoms with van der Waals surface area (Å²) in [7, 11) is 0. The molecule has 7 heteroatoms.